The van der Waals surface area contributed by atoms with Gasteiger partial charge in [-0.2, -0.15) is 0 Å². The molecule has 15 heavy (non-hydrogen) atoms. The van der Waals surface area contributed by atoms with Gasteiger partial charge in [0.2, 0.25) is 5.91 Å². The van der Waals surface area contributed by atoms with Crippen molar-refractivity contribution in [2.24, 2.45) is 5.11 Å². The van der Waals surface area contributed by atoms with Gasteiger partial charge in [0.05, 0.1) is 0 Å². The minimum atomic E-state index is -0.428. The number of nitrogens with one attached hydrogen (secondary N) is 1. The third-order valence-corrected chi connectivity index (χ3v) is 1.74. The van der Waals surface area contributed by atoms with Gasteiger partial charge in [-0.25, -0.2) is 4.39 Å². The van der Waals surface area contributed by atoms with Gasteiger partial charge < -0.3 is 5.32 Å². The average molecular weight is 208 g/mol. The summed E-state index contributed by atoms with van der Waals surface area (Å²) in [6.07, 6.45) is 0. The first-order valence-electron chi connectivity index (χ1n) is 4.20. The second-order valence-electron chi connectivity index (χ2n) is 2.90. The van der Waals surface area contributed by atoms with Crippen molar-refractivity contribution in [3.05, 3.63) is 40.0 Å². The smallest absolute Gasteiger partial charge is 0.230 e. The molecule has 0 aliphatic heterocycles. The second kappa shape index (κ2) is 4.97. The fourth-order valence-electron chi connectivity index (χ4n) is 1.05. The average Bonchev–Trinajstić information content (AvgIpc) is 2.19. The van der Waals surface area contributed by atoms with Crippen LogP contribution in [0.4, 0.5) is 10.1 Å². The van der Waals surface area contributed by atoms with Crippen molar-refractivity contribution < 1.29 is 9.18 Å². The number of amides is 1. The largest absolute Gasteiger partial charge is 0.326 e. The Morgan fingerprint density at radius 3 is 3.00 bits per heavy atom. The highest BCUT2D eigenvalue weighted by Gasteiger charge is 2.03. The van der Waals surface area contributed by atoms with E-state index in [4.69, 9.17) is 5.53 Å². The van der Waals surface area contributed by atoms with Crippen LogP contribution in [0.1, 0.15) is 5.56 Å². The van der Waals surface area contributed by atoms with Crippen LogP contribution in [0, 0.1) is 12.7 Å². The van der Waals surface area contributed by atoms with E-state index in [1.54, 1.807) is 6.92 Å². The van der Waals surface area contributed by atoms with Crippen LogP contribution in [0.3, 0.4) is 0 Å². The summed E-state index contributed by atoms with van der Waals surface area (Å²) in [7, 11) is 0. The molecule has 0 aromatic heterocycles. The van der Waals surface area contributed by atoms with E-state index in [1.165, 1.54) is 18.2 Å². The Labute approximate surface area is 85.5 Å². The van der Waals surface area contributed by atoms with E-state index in [1.807, 2.05) is 0 Å². The van der Waals surface area contributed by atoms with Gasteiger partial charge in [-0.05, 0) is 36.2 Å². The molecule has 5 nitrogen and oxygen atoms in total. The van der Waals surface area contributed by atoms with Crippen LogP contribution in [-0.2, 0) is 4.79 Å². The predicted molar refractivity (Wildman–Crippen MR) is 53.8 cm³/mol. The summed E-state index contributed by atoms with van der Waals surface area (Å²) >= 11 is 0. The van der Waals surface area contributed by atoms with Gasteiger partial charge in [0.25, 0.3) is 0 Å². The molecule has 1 amide bonds. The molecular weight excluding hydrogens is 199 g/mol. The van der Waals surface area contributed by atoms with Crippen molar-refractivity contribution in [2.75, 3.05) is 11.9 Å². The summed E-state index contributed by atoms with van der Waals surface area (Å²) in [4.78, 5) is 13.6. The summed E-state index contributed by atoms with van der Waals surface area (Å²) in [5.41, 5.74) is 9.12. The lowest BCUT2D eigenvalue weighted by Crippen LogP contribution is -2.15. The van der Waals surface area contributed by atoms with E-state index in [-0.39, 0.29) is 12.4 Å². The topological polar surface area (TPSA) is 77.9 Å². The molecule has 0 radical (unpaired) electrons. The van der Waals surface area contributed by atoms with Gasteiger partial charge in [-0.1, -0.05) is 5.11 Å². The van der Waals surface area contributed by atoms with Crippen LogP contribution in [0.2, 0.25) is 0 Å². The van der Waals surface area contributed by atoms with Crippen LogP contribution in [0.5, 0.6) is 0 Å². The number of anilines is 1. The van der Waals surface area contributed by atoms with Gasteiger partial charge in [-0.3, -0.25) is 4.79 Å². The highest BCUT2D eigenvalue weighted by molar-refractivity contribution is 5.92. The number of hydrogen-bond acceptors (Lipinski definition) is 2. The molecule has 0 spiro atoms. The number of halogens is 1. The van der Waals surface area contributed by atoms with E-state index in [0.717, 1.165) is 0 Å². The lowest BCUT2D eigenvalue weighted by molar-refractivity contribution is -0.114. The fraction of sp³-hybridized carbons (Fsp3) is 0.222. The Bertz CT molecular complexity index is 426. The normalized spacial score (nSPS) is 9.20. The van der Waals surface area contributed by atoms with E-state index in [0.29, 0.717) is 11.3 Å². The molecule has 6 heteroatoms. The van der Waals surface area contributed by atoms with E-state index < -0.39 is 5.91 Å². The van der Waals surface area contributed by atoms with Crippen molar-refractivity contribution in [3.63, 3.8) is 0 Å². The first-order chi connectivity index (χ1) is 7.13. The van der Waals surface area contributed by atoms with Gasteiger partial charge in [0.15, 0.2) is 0 Å². The monoisotopic (exact) mass is 208 g/mol. The molecule has 0 aliphatic rings. The molecule has 0 atom stereocenters. The van der Waals surface area contributed by atoms with Crippen LogP contribution < -0.4 is 5.32 Å². The van der Waals surface area contributed by atoms with Gasteiger partial charge in [0.1, 0.15) is 12.4 Å². The Kier molecular flexibility index (Phi) is 3.65. The van der Waals surface area contributed by atoms with Crippen LogP contribution in [-0.4, -0.2) is 12.5 Å². The molecule has 0 saturated carbocycles. The Hall–Kier alpha value is -2.07. The Balaban J connectivity index is 2.72. The van der Waals surface area contributed by atoms with Crippen molar-refractivity contribution in [1.82, 2.24) is 0 Å². The number of carbonyl (C=O) groups excluding carboxylic acids is 1. The first kappa shape index (κ1) is 11.0. The maximum atomic E-state index is 12.7. The molecule has 0 aliphatic carbocycles. The van der Waals surface area contributed by atoms with Gasteiger partial charge >= 0.3 is 0 Å². The molecule has 0 unspecified atom stereocenters. The third-order valence-electron chi connectivity index (χ3n) is 1.74. The summed E-state index contributed by atoms with van der Waals surface area (Å²) in [6, 6.07) is 4.01. The summed E-state index contributed by atoms with van der Waals surface area (Å²) < 4.78 is 12.7. The van der Waals surface area contributed by atoms with Crippen LogP contribution in [0.15, 0.2) is 23.3 Å². The number of aryl methyl sites for hydroxylation is 1. The molecule has 0 fully saturated rings. The standard InChI is InChI=1S/C9H9FN4O/c1-6-4-7(10)2-3-8(6)13-9(15)5-12-14-11/h2-4H,5H2,1H3,(H,13,15). The number of rotatable bonds is 3. The fourth-order valence-corrected chi connectivity index (χ4v) is 1.05. The van der Waals surface area contributed by atoms with Gasteiger partial charge in [0, 0.05) is 10.6 Å². The molecule has 1 rings (SSSR count). The summed E-state index contributed by atoms with van der Waals surface area (Å²) in [6.45, 7) is 1.40. The molecule has 0 saturated heterocycles. The number of carbonyl (C=O) groups is 1. The zero-order valence-corrected chi connectivity index (χ0v) is 8.07. The summed E-state index contributed by atoms with van der Waals surface area (Å²) in [5.74, 6) is -0.789. The maximum absolute atomic E-state index is 12.7. The highest BCUT2D eigenvalue weighted by Crippen LogP contribution is 2.15. The zero-order valence-electron chi connectivity index (χ0n) is 8.07. The van der Waals surface area contributed by atoms with Crippen molar-refractivity contribution in [1.29, 1.82) is 0 Å². The van der Waals surface area contributed by atoms with Gasteiger partial charge in [-0.15, -0.1) is 0 Å². The maximum Gasteiger partial charge on any atom is 0.230 e. The molecule has 1 aromatic carbocycles. The second-order valence-corrected chi connectivity index (χ2v) is 2.90. The van der Waals surface area contributed by atoms with E-state index in [9.17, 15) is 9.18 Å². The van der Waals surface area contributed by atoms with E-state index >= 15 is 0 Å². The number of benzene rings is 1. The van der Waals surface area contributed by atoms with Crippen LogP contribution >= 0.6 is 0 Å². The first-order valence-corrected chi connectivity index (χ1v) is 4.20. The molecule has 78 valence electrons. The number of nitrogens with zero attached hydrogens (tertiary/aromatic N) is 3. The SMILES string of the molecule is Cc1cc(F)ccc1NC(=O)CN=[N+]=[N-]. The molecule has 1 N–H and O–H groups in total. The molecule has 1 aromatic rings. The Morgan fingerprint density at radius 1 is 1.67 bits per heavy atom. The molecule has 0 bridgehead atoms. The quantitative estimate of drug-likeness (QED) is 0.462. The minimum absolute atomic E-state index is 0.271. The van der Waals surface area contributed by atoms with Crippen molar-refractivity contribution in [2.45, 2.75) is 6.92 Å². The summed E-state index contributed by atoms with van der Waals surface area (Å²) in [5, 5.41) is 5.61. The van der Waals surface area contributed by atoms with Crippen molar-refractivity contribution in [3.8, 4) is 0 Å². The zero-order chi connectivity index (χ0) is 11.3. The van der Waals surface area contributed by atoms with Crippen LogP contribution in [0.25, 0.3) is 10.4 Å². The lowest BCUT2D eigenvalue weighted by atomic mass is 10.2. The highest BCUT2D eigenvalue weighted by atomic mass is 19.1. The Morgan fingerprint density at radius 2 is 2.40 bits per heavy atom. The third kappa shape index (κ3) is 3.28. The molecular formula is C9H9FN4O. The molecule has 0 heterocycles. The minimum Gasteiger partial charge on any atom is -0.326 e. The predicted octanol–water partition coefficient (Wildman–Crippen LogP) is 2.38. The lowest BCUT2D eigenvalue weighted by Gasteiger charge is -2.06. The van der Waals surface area contributed by atoms with Crippen molar-refractivity contribution >= 4 is 11.6 Å². The number of hydrogen-bond donors (Lipinski definition) is 1. The van der Waals surface area contributed by atoms with E-state index in [2.05, 4.69) is 15.3 Å². The number of azide groups is 1.